The van der Waals surface area contributed by atoms with Gasteiger partial charge in [-0.2, -0.15) is 5.26 Å². The molecule has 0 unspecified atom stereocenters. The maximum atomic E-state index is 8.62. The SMILES string of the molecule is CCC(C)(C)CNc1ccc(C#N)cn1. The summed E-state index contributed by atoms with van der Waals surface area (Å²) < 4.78 is 0. The number of pyridine rings is 1. The van der Waals surface area contributed by atoms with Crippen molar-refractivity contribution < 1.29 is 0 Å². The zero-order valence-electron chi connectivity index (χ0n) is 9.54. The zero-order valence-corrected chi connectivity index (χ0v) is 9.54. The van der Waals surface area contributed by atoms with E-state index < -0.39 is 0 Å². The van der Waals surface area contributed by atoms with Crippen LogP contribution in [-0.2, 0) is 0 Å². The Balaban J connectivity index is 2.56. The Bertz CT molecular complexity index is 346. The molecule has 0 aromatic carbocycles. The first-order valence-corrected chi connectivity index (χ1v) is 5.17. The molecule has 1 rings (SSSR count). The van der Waals surface area contributed by atoms with Gasteiger partial charge in [0.2, 0.25) is 0 Å². The Morgan fingerprint density at radius 3 is 2.67 bits per heavy atom. The van der Waals surface area contributed by atoms with Crippen LogP contribution in [0.25, 0.3) is 0 Å². The van der Waals surface area contributed by atoms with Crippen molar-refractivity contribution >= 4 is 5.82 Å². The van der Waals surface area contributed by atoms with Crippen LogP contribution in [-0.4, -0.2) is 11.5 Å². The van der Waals surface area contributed by atoms with Crippen LogP contribution < -0.4 is 5.32 Å². The molecule has 0 fully saturated rings. The van der Waals surface area contributed by atoms with Gasteiger partial charge in [0, 0.05) is 12.7 Å². The van der Waals surface area contributed by atoms with Crippen LogP contribution >= 0.6 is 0 Å². The molecule has 15 heavy (non-hydrogen) atoms. The molecule has 0 bridgehead atoms. The summed E-state index contributed by atoms with van der Waals surface area (Å²) in [4.78, 5) is 4.15. The van der Waals surface area contributed by atoms with Crippen molar-refractivity contribution in [3.05, 3.63) is 23.9 Å². The fourth-order valence-electron chi connectivity index (χ4n) is 1.02. The van der Waals surface area contributed by atoms with Crippen LogP contribution in [0.2, 0.25) is 0 Å². The largest absolute Gasteiger partial charge is 0.370 e. The Labute approximate surface area is 91.1 Å². The molecular formula is C12H17N3. The van der Waals surface area contributed by atoms with E-state index in [1.54, 1.807) is 12.3 Å². The molecule has 1 aromatic rings. The van der Waals surface area contributed by atoms with Gasteiger partial charge in [-0.1, -0.05) is 20.8 Å². The fourth-order valence-corrected chi connectivity index (χ4v) is 1.02. The highest BCUT2D eigenvalue weighted by molar-refractivity contribution is 5.39. The molecule has 0 saturated carbocycles. The smallest absolute Gasteiger partial charge is 0.125 e. The van der Waals surface area contributed by atoms with Gasteiger partial charge in [0.15, 0.2) is 0 Å². The topological polar surface area (TPSA) is 48.7 Å². The van der Waals surface area contributed by atoms with Gasteiger partial charge >= 0.3 is 0 Å². The quantitative estimate of drug-likeness (QED) is 0.818. The molecule has 1 aromatic heterocycles. The van der Waals surface area contributed by atoms with Gasteiger partial charge in [0.1, 0.15) is 11.9 Å². The standard InChI is InChI=1S/C12H17N3/c1-4-12(2,3)9-15-11-6-5-10(7-13)8-14-11/h5-6,8H,4,9H2,1-3H3,(H,14,15). The molecule has 0 saturated heterocycles. The first-order valence-electron chi connectivity index (χ1n) is 5.17. The van der Waals surface area contributed by atoms with E-state index in [2.05, 4.69) is 31.1 Å². The van der Waals surface area contributed by atoms with E-state index >= 15 is 0 Å². The maximum Gasteiger partial charge on any atom is 0.125 e. The molecule has 0 aliphatic heterocycles. The monoisotopic (exact) mass is 203 g/mol. The average Bonchev–Trinajstić information content (AvgIpc) is 2.27. The van der Waals surface area contributed by atoms with Crippen LogP contribution in [0.15, 0.2) is 18.3 Å². The number of hydrogen-bond acceptors (Lipinski definition) is 3. The first-order chi connectivity index (χ1) is 7.07. The number of nitrogens with one attached hydrogen (secondary N) is 1. The van der Waals surface area contributed by atoms with Crippen molar-refractivity contribution in [2.45, 2.75) is 27.2 Å². The molecule has 1 heterocycles. The van der Waals surface area contributed by atoms with Crippen molar-refractivity contribution in [1.82, 2.24) is 4.98 Å². The number of nitrogens with zero attached hydrogens (tertiary/aromatic N) is 2. The summed E-state index contributed by atoms with van der Waals surface area (Å²) in [6, 6.07) is 5.66. The normalized spacial score (nSPS) is 10.8. The summed E-state index contributed by atoms with van der Waals surface area (Å²) in [5.74, 6) is 0.829. The molecule has 0 spiro atoms. The summed E-state index contributed by atoms with van der Waals surface area (Å²) in [5.41, 5.74) is 0.866. The molecular weight excluding hydrogens is 186 g/mol. The molecule has 0 atom stereocenters. The van der Waals surface area contributed by atoms with E-state index in [1.807, 2.05) is 12.1 Å². The van der Waals surface area contributed by atoms with E-state index in [1.165, 1.54) is 0 Å². The fraction of sp³-hybridized carbons (Fsp3) is 0.500. The van der Waals surface area contributed by atoms with Crippen LogP contribution in [0.4, 0.5) is 5.82 Å². The number of nitriles is 1. The second-order valence-corrected chi connectivity index (χ2v) is 4.42. The Morgan fingerprint density at radius 1 is 1.47 bits per heavy atom. The number of aromatic nitrogens is 1. The second-order valence-electron chi connectivity index (χ2n) is 4.42. The van der Waals surface area contributed by atoms with Crippen LogP contribution in [0.3, 0.4) is 0 Å². The molecule has 80 valence electrons. The second kappa shape index (κ2) is 4.79. The number of hydrogen-bond donors (Lipinski definition) is 1. The van der Waals surface area contributed by atoms with Crippen molar-refractivity contribution in [2.75, 3.05) is 11.9 Å². The Morgan fingerprint density at radius 2 is 2.20 bits per heavy atom. The predicted octanol–water partition coefficient (Wildman–Crippen LogP) is 2.80. The van der Waals surface area contributed by atoms with Gasteiger partial charge in [0.25, 0.3) is 0 Å². The van der Waals surface area contributed by atoms with E-state index in [9.17, 15) is 0 Å². The molecule has 3 nitrogen and oxygen atoms in total. The van der Waals surface area contributed by atoms with Gasteiger partial charge in [-0.15, -0.1) is 0 Å². The van der Waals surface area contributed by atoms with Crippen LogP contribution in [0.1, 0.15) is 32.8 Å². The third kappa shape index (κ3) is 3.59. The van der Waals surface area contributed by atoms with Crippen molar-refractivity contribution in [3.63, 3.8) is 0 Å². The van der Waals surface area contributed by atoms with E-state index in [0.717, 1.165) is 18.8 Å². The lowest BCUT2D eigenvalue weighted by Gasteiger charge is -2.23. The summed E-state index contributed by atoms with van der Waals surface area (Å²) >= 11 is 0. The average molecular weight is 203 g/mol. The van der Waals surface area contributed by atoms with E-state index in [0.29, 0.717) is 5.56 Å². The molecule has 3 heteroatoms. The molecule has 0 aliphatic rings. The third-order valence-corrected chi connectivity index (χ3v) is 2.60. The minimum atomic E-state index is 0.273. The summed E-state index contributed by atoms with van der Waals surface area (Å²) in [5, 5.41) is 11.9. The minimum absolute atomic E-state index is 0.273. The lowest BCUT2D eigenvalue weighted by Crippen LogP contribution is -2.22. The van der Waals surface area contributed by atoms with Gasteiger partial charge in [-0.3, -0.25) is 0 Å². The number of rotatable bonds is 4. The number of anilines is 1. The first kappa shape index (κ1) is 11.5. The lowest BCUT2D eigenvalue weighted by atomic mass is 9.90. The van der Waals surface area contributed by atoms with Gasteiger partial charge in [-0.25, -0.2) is 4.98 Å². The maximum absolute atomic E-state index is 8.62. The van der Waals surface area contributed by atoms with Crippen molar-refractivity contribution in [2.24, 2.45) is 5.41 Å². The molecule has 0 aliphatic carbocycles. The summed E-state index contributed by atoms with van der Waals surface area (Å²) in [6.45, 7) is 7.49. The van der Waals surface area contributed by atoms with Crippen LogP contribution in [0.5, 0.6) is 0 Å². The molecule has 1 N–H and O–H groups in total. The predicted molar refractivity (Wildman–Crippen MR) is 61.5 cm³/mol. The highest BCUT2D eigenvalue weighted by Gasteiger charge is 2.14. The van der Waals surface area contributed by atoms with Crippen molar-refractivity contribution in [1.29, 1.82) is 5.26 Å². The molecule has 0 amide bonds. The third-order valence-electron chi connectivity index (χ3n) is 2.60. The Hall–Kier alpha value is -1.56. The minimum Gasteiger partial charge on any atom is -0.370 e. The van der Waals surface area contributed by atoms with E-state index in [4.69, 9.17) is 5.26 Å². The van der Waals surface area contributed by atoms with Gasteiger partial charge in [0.05, 0.1) is 5.56 Å². The zero-order chi connectivity index (χ0) is 11.3. The van der Waals surface area contributed by atoms with Gasteiger partial charge < -0.3 is 5.32 Å². The van der Waals surface area contributed by atoms with Crippen LogP contribution in [0, 0.1) is 16.7 Å². The molecule has 0 radical (unpaired) electrons. The highest BCUT2D eigenvalue weighted by Crippen LogP contribution is 2.19. The Kier molecular flexibility index (Phi) is 3.68. The summed E-state index contributed by atoms with van der Waals surface area (Å²) in [6.07, 6.45) is 2.71. The summed E-state index contributed by atoms with van der Waals surface area (Å²) in [7, 11) is 0. The highest BCUT2D eigenvalue weighted by atomic mass is 15.0. The lowest BCUT2D eigenvalue weighted by molar-refractivity contribution is 0.376. The van der Waals surface area contributed by atoms with Gasteiger partial charge in [-0.05, 0) is 24.0 Å². The van der Waals surface area contributed by atoms with Crippen molar-refractivity contribution in [3.8, 4) is 6.07 Å². The van der Waals surface area contributed by atoms with E-state index in [-0.39, 0.29) is 5.41 Å².